The summed E-state index contributed by atoms with van der Waals surface area (Å²) in [5.41, 5.74) is 1.11. The van der Waals surface area contributed by atoms with Crippen molar-refractivity contribution in [3.8, 4) is 5.75 Å². The molecular formula is C18H16Cl2N2O3. The molecule has 3 rings (SSSR count). The fraction of sp³-hybridized carbons (Fsp3) is 0.222. The second kappa shape index (κ2) is 7.33. The molecule has 2 aromatic carbocycles. The average molecular weight is 379 g/mol. The van der Waals surface area contributed by atoms with Gasteiger partial charge in [-0.05, 0) is 37.3 Å². The standard InChI is InChI=1S/C18H16Cl2N2O3/c1-11-18(24)22(15-4-2-3-5-16(15)25-11)9-8-17(23)21-14-10-12(19)6-7-13(14)20/h2-7,10-11H,8-9H2,1H3,(H,21,23)/t11-/m0/s1. The first kappa shape index (κ1) is 17.6. The molecule has 7 heteroatoms. The highest BCUT2D eigenvalue weighted by molar-refractivity contribution is 6.35. The van der Waals surface area contributed by atoms with E-state index in [1.807, 2.05) is 12.1 Å². The lowest BCUT2D eigenvalue weighted by atomic mass is 10.1. The van der Waals surface area contributed by atoms with Gasteiger partial charge in [0, 0.05) is 18.0 Å². The Labute approximate surface area is 155 Å². The first-order valence-electron chi connectivity index (χ1n) is 7.77. The van der Waals surface area contributed by atoms with E-state index in [0.29, 0.717) is 27.2 Å². The number of anilines is 2. The molecule has 0 saturated carbocycles. The number of amides is 2. The van der Waals surface area contributed by atoms with Crippen LogP contribution < -0.4 is 15.0 Å². The van der Waals surface area contributed by atoms with Crippen molar-refractivity contribution in [2.45, 2.75) is 19.4 Å². The van der Waals surface area contributed by atoms with Gasteiger partial charge in [-0.15, -0.1) is 0 Å². The zero-order valence-corrected chi connectivity index (χ0v) is 15.0. The quantitative estimate of drug-likeness (QED) is 0.869. The molecule has 1 aliphatic heterocycles. The van der Waals surface area contributed by atoms with Crippen molar-refractivity contribution in [2.75, 3.05) is 16.8 Å². The van der Waals surface area contributed by atoms with Crippen LogP contribution in [0, 0.1) is 0 Å². The molecule has 1 aliphatic rings. The van der Waals surface area contributed by atoms with Gasteiger partial charge in [0.25, 0.3) is 5.91 Å². The Balaban J connectivity index is 1.69. The van der Waals surface area contributed by atoms with Crippen LogP contribution in [0.4, 0.5) is 11.4 Å². The molecule has 0 radical (unpaired) electrons. The number of nitrogens with zero attached hydrogens (tertiary/aromatic N) is 1. The normalized spacial score (nSPS) is 16.2. The molecule has 1 atom stereocenters. The number of fused-ring (bicyclic) bond motifs is 1. The third-order valence-corrected chi connectivity index (χ3v) is 4.40. The number of carbonyl (C=O) groups excluding carboxylic acids is 2. The molecule has 25 heavy (non-hydrogen) atoms. The monoisotopic (exact) mass is 378 g/mol. The summed E-state index contributed by atoms with van der Waals surface area (Å²) in [7, 11) is 0. The molecule has 130 valence electrons. The fourth-order valence-corrected chi connectivity index (χ4v) is 2.95. The van der Waals surface area contributed by atoms with E-state index in [0.717, 1.165) is 0 Å². The summed E-state index contributed by atoms with van der Waals surface area (Å²) in [4.78, 5) is 26.2. The summed E-state index contributed by atoms with van der Waals surface area (Å²) in [6.45, 7) is 1.94. The lowest BCUT2D eigenvalue weighted by Crippen LogP contribution is -2.45. The number of rotatable bonds is 4. The molecule has 0 saturated heterocycles. The summed E-state index contributed by atoms with van der Waals surface area (Å²) < 4.78 is 5.58. The van der Waals surface area contributed by atoms with Crippen molar-refractivity contribution in [3.05, 3.63) is 52.5 Å². The van der Waals surface area contributed by atoms with Crippen molar-refractivity contribution in [2.24, 2.45) is 0 Å². The second-order valence-electron chi connectivity index (χ2n) is 5.64. The Morgan fingerprint density at radius 1 is 1.24 bits per heavy atom. The minimum atomic E-state index is -0.583. The van der Waals surface area contributed by atoms with Gasteiger partial charge in [0.1, 0.15) is 5.75 Å². The minimum absolute atomic E-state index is 0.121. The molecule has 2 aromatic rings. The third-order valence-electron chi connectivity index (χ3n) is 3.84. The van der Waals surface area contributed by atoms with Gasteiger partial charge in [0.2, 0.25) is 5.91 Å². The maximum absolute atomic E-state index is 12.4. The highest BCUT2D eigenvalue weighted by Gasteiger charge is 2.31. The van der Waals surface area contributed by atoms with Gasteiger partial charge in [-0.2, -0.15) is 0 Å². The van der Waals surface area contributed by atoms with Crippen LogP contribution >= 0.6 is 23.2 Å². The first-order chi connectivity index (χ1) is 12.0. The van der Waals surface area contributed by atoms with Gasteiger partial charge in [-0.3, -0.25) is 9.59 Å². The Hall–Kier alpha value is -2.24. The first-order valence-corrected chi connectivity index (χ1v) is 8.53. The Kier molecular flexibility index (Phi) is 5.16. The molecule has 0 fully saturated rings. The zero-order valence-electron chi connectivity index (χ0n) is 13.5. The molecule has 0 aliphatic carbocycles. The lowest BCUT2D eigenvalue weighted by molar-refractivity contribution is -0.125. The van der Waals surface area contributed by atoms with Gasteiger partial charge in [-0.25, -0.2) is 0 Å². The number of ether oxygens (including phenoxy) is 1. The summed E-state index contributed by atoms with van der Waals surface area (Å²) in [6.07, 6.45) is -0.462. The maximum atomic E-state index is 12.4. The molecule has 5 nitrogen and oxygen atoms in total. The molecule has 1 heterocycles. The largest absolute Gasteiger partial charge is 0.479 e. The molecule has 2 amide bonds. The summed E-state index contributed by atoms with van der Waals surface area (Å²) in [6, 6.07) is 12.1. The number of carbonyl (C=O) groups is 2. The average Bonchev–Trinajstić information content (AvgIpc) is 2.58. The zero-order chi connectivity index (χ0) is 18.0. The van der Waals surface area contributed by atoms with Crippen LogP contribution in [0.25, 0.3) is 0 Å². The molecule has 1 N–H and O–H groups in total. The SMILES string of the molecule is C[C@@H]1Oc2ccccc2N(CCC(=O)Nc2cc(Cl)ccc2Cl)C1=O. The molecule has 0 spiro atoms. The topological polar surface area (TPSA) is 58.6 Å². The van der Waals surface area contributed by atoms with Crippen molar-refractivity contribution in [3.63, 3.8) is 0 Å². The molecular weight excluding hydrogens is 363 g/mol. The predicted octanol–water partition coefficient (Wildman–Crippen LogP) is 4.14. The van der Waals surface area contributed by atoms with Gasteiger partial charge < -0.3 is 15.0 Å². The van der Waals surface area contributed by atoms with E-state index in [-0.39, 0.29) is 24.8 Å². The Bertz CT molecular complexity index is 826. The molecule has 0 unspecified atom stereocenters. The van der Waals surface area contributed by atoms with E-state index < -0.39 is 6.10 Å². The summed E-state index contributed by atoms with van der Waals surface area (Å²) in [5.74, 6) is 0.203. The lowest BCUT2D eigenvalue weighted by Gasteiger charge is -2.32. The van der Waals surface area contributed by atoms with Crippen molar-refractivity contribution in [1.82, 2.24) is 0 Å². The number of benzene rings is 2. The highest BCUT2D eigenvalue weighted by Crippen LogP contribution is 2.33. The van der Waals surface area contributed by atoms with E-state index in [9.17, 15) is 9.59 Å². The van der Waals surface area contributed by atoms with Crippen LogP contribution in [0.1, 0.15) is 13.3 Å². The van der Waals surface area contributed by atoms with Crippen LogP contribution in [-0.4, -0.2) is 24.5 Å². The number of halogens is 2. The molecule has 0 aromatic heterocycles. The number of nitrogens with one attached hydrogen (secondary N) is 1. The van der Waals surface area contributed by atoms with E-state index >= 15 is 0 Å². The van der Waals surface area contributed by atoms with Crippen molar-refractivity contribution < 1.29 is 14.3 Å². The van der Waals surface area contributed by atoms with E-state index in [2.05, 4.69) is 5.32 Å². The van der Waals surface area contributed by atoms with Crippen LogP contribution in [-0.2, 0) is 9.59 Å². The van der Waals surface area contributed by atoms with E-state index in [1.165, 1.54) is 0 Å². The van der Waals surface area contributed by atoms with Gasteiger partial charge in [0.05, 0.1) is 16.4 Å². The predicted molar refractivity (Wildman–Crippen MR) is 98.6 cm³/mol. The van der Waals surface area contributed by atoms with Gasteiger partial charge in [0.15, 0.2) is 6.10 Å². The Morgan fingerprint density at radius 3 is 2.80 bits per heavy atom. The summed E-state index contributed by atoms with van der Waals surface area (Å²) >= 11 is 12.0. The maximum Gasteiger partial charge on any atom is 0.267 e. The van der Waals surface area contributed by atoms with Crippen LogP contribution in [0.5, 0.6) is 5.75 Å². The number of hydrogen-bond acceptors (Lipinski definition) is 3. The van der Waals surface area contributed by atoms with Gasteiger partial charge >= 0.3 is 0 Å². The van der Waals surface area contributed by atoms with Crippen LogP contribution in [0.15, 0.2) is 42.5 Å². The molecule has 0 bridgehead atoms. The second-order valence-corrected chi connectivity index (χ2v) is 6.48. The number of para-hydroxylation sites is 2. The summed E-state index contributed by atoms with van der Waals surface area (Å²) in [5, 5.41) is 3.60. The van der Waals surface area contributed by atoms with Gasteiger partial charge in [-0.1, -0.05) is 35.3 Å². The third kappa shape index (κ3) is 3.89. The van der Waals surface area contributed by atoms with Crippen LogP contribution in [0.3, 0.4) is 0 Å². The highest BCUT2D eigenvalue weighted by atomic mass is 35.5. The van der Waals surface area contributed by atoms with Crippen LogP contribution in [0.2, 0.25) is 10.0 Å². The number of hydrogen-bond donors (Lipinski definition) is 1. The minimum Gasteiger partial charge on any atom is -0.479 e. The van der Waals surface area contributed by atoms with E-state index in [4.69, 9.17) is 27.9 Å². The van der Waals surface area contributed by atoms with Crippen molar-refractivity contribution >= 4 is 46.4 Å². The van der Waals surface area contributed by atoms with E-state index in [1.54, 1.807) is 42.2 Å². The smallest absolute Gasteiger partial charge is 0.267 e. The fourth-order valence-electron chi connectivity index (χ4n) is 2.61. The van der Waals surface area contributed by atoms with Crippen molar-refractivity contribution in [1.29, 1.82) is 0 Å². The Morgan fingerprint density at radius 2 is 2.00 bits per heavy atom.